The van der Waals surface area contributed by atoms with Crippen molar-refractivity contribution in [3.05, 3.63) is 119 Å². The number of carbonyl (C=O) groups is 1. The van der Waals surface area contributed by atoms with Crippen molar-refractivity contribution < 1.29 is 54.5 Å². The quantitative estimate of drug-likeness (QED) is 0.138. The summed E-state index contributed by atoms with van der Waals surface area (Å²) in [6.07, 6.45) is -12.0. The minimum Gasteiger partial charge on any atom is -0.374 e. The smallest absolute Gasteiger partial charge is 0.374 e. The Kier molecular flexibility index (Phi) is 11.3. The van der Waals surface area contributed by atoms with Crippen molar-refractivity contribution in [2.24, 2.45) is 0 Å². The number of allylic oxidation sites excluding steroid dienone is 2. The number of rotatable bonds is 14. The molecule has 0 spiro atoms. The molecule has 4 atom stereocenters. The molecule has 0 saturated carbocycles. The van der Waals surface area contributed by atoms with Crippen LogP contribution < -0.4 is 0 Å². The van der Waals surface area contributed by atoms with Gasteiger partial charge in [-0.05, 0) is 16.7 Å². The van der Waals surface area contributed by atoms with Crippen LogP contribution in [0.3, 0.4) is 0 Å². The molecule has 1 saturated heterocycles. The summed E-state index contributed by atoms with van der Waals surface area (Å²) in [5.74, 6) is -14.5. The van der Waals surface area contributed by atoms with E-state index >= 15 is 0 Å². The highest BCUT2D eigenvalue weighted by Crippen LogP contribution is 2.43. The van der Waals surface area contributed by atoms with Crippen LogP contribution in [-0.2, 0) is 43.6 Å². The highest BCUT2D eigenvalue weighted by atomic mass is 19.4. The molecule has 5 nitrogen and oxygen atoms in total. The Hall–Kier alpha value is -3.58. The van der Waals surface area contributed by atoms with Gasteiger partial charge in [-0.2, -0.15) is 26.3 Å². The molecular weight excluding hydrogens is 597 g/mol. The zero-order chi connectivity index (χ0) is 31.7. The predicted octanol–water partition coefficient (Wildman–Crippen LogP) is 7.45. The van der Waals surface area contributed by atoms with E-state index in [1.807, 2.05) is 30.3 Å². The van der Waals surface area contributed by atoms with Gasteiger partial charge in [-0.3, -0.25) is 4.79 Å². The van der Waals surface area contributed by atoms with Gasteiger partial charge in [0.1, 0.15) is 18.3 Å². The maximum absolute atomic E-state index is 14.4. The van der Waals surface area contributed by atoms with E-state index in [9.17, 15) is 35.5 Å². The standard InChI is InChI=1S/C32H29F7O5/c33-27(30(34)31(35,36)32(37,38)39)24(40)16-25-28(42-18-22-12-6-2-7-13-22)29(43-19-23-14-8-3-9-15-23)26(44-25)20-41-17-21-10-4-1-5-11-21/h1-15,25-26,28-29H,16-20H2/b30-27+/t25-,26+,28-,29+/m0/s1. The first-order valence-electron chi connectivity index (χ1n) is 13.6. The van der Waals surface area contributed by atoms with Crippen molar-refractivity contribution in [1.29, 1.82) is 0 Å². The summed E-state index contributed by atoms with van der Waals surface area (Å²) in [6.45, 7) is 0.0706. The fraction of sp³-hybridized carbons (Fsp3) is 0.344. The maximum atomic E-state index is 14.4. The van der Waals surface area contributed by atoms with E-state index in [2.05, 4.69) is 0 Å². The second kappa shape index (κ2) is 14.9. The average Bonchev–Trinajstić information content (AvgIpc) is 3.34. The number of alkyl halides is 5. The molecule has 3 aromatic carbocycles. The van der Waals surface area contributed by atoms with Gasteiger partial charge in [0.25, 0.3) is 0 Å². The molecule has 1 fully saturated rings. The fourth-order valence-corrected chi connectivity index (χ4v) is 4.56. The number of Topliss-reactive ketones (excluding diaryl/α,β-unsaturated/α-hetero) is 1. The van der Waals surface area contributed by atoms with Gasteiger partial charge in [0.2, 0.25) is 11.7 Å². The molecule has 4 rings (SSSR count). The number of hydrogen-bond acceptors (Lipinski definition) is 5. The van der Waals surface area contributed by atoms with Gasteiger partial charge in [-0.1, -0.05) is 91.0 Å². The Morgan fingerprint density at radius 2 is 1.09 bits per heavy atom. The molecule has 0 N–H and O–H groups in total. The van der Waals surface area contributed by atoms with E-state index in [1.54, 1.807) is 60.7 Å². The topological polar surface area (TPSA) is 54.0 Å². The molecule has 236 valence electrons. The minimum absolute atomic E-state index is 0.0405. The van der Waals surface area contributed by atoms with Crippen LogP contribution in [0.2, 0.25) is 0 Å². The Morgan fingerprint density at radius 3 is 1.55 bits per heavy atom. The summed E-state index contributed by atoms with van der Waals surface area (Å²) >= 11 is 0. The van der Waals surface area contributed by atoms with Gasteiger partial charge in [0.15, 0.2) is 5.78 Å². The summed E-state index contributed by atoms with van der Waals surface area (Å²) in [5.41, 5.74) is 2.30. The third-order valence-corrected chi connectivity index (χ3v) is 6.83. The molecule has 0 unspecified atom stereocenters. The third-order valence-electron chi connectivity index (χ3n) is 6.83. The van der Waals surface area contributed by atoms with Gasteiger partial charge in [0.05, 0.1) is 32.5 Å². The minimum atomic E-state index is -6.45. The van der Waals surface area contributed by atoms with Crippen LogP contribution in [0, 0.1) is 0 Å². The number of ketones is 1. The molecule has 0 radical (unpaired) electrons. The van der Waals surface area contributed by atoms with Crippen LogP contribution in [0.1, 0.15) is 23.1 Å². The lowest BCUT2D eigenvalue weighted by Gasteiger charge is -2.25. The lowest BCUT2D eigenvalue weighted by molar-refractivity contribution is -0.271. The fourth-order valence-electron chi connectivity index (χ4n) is 4.56. The number of halogens is 7. The molecule has 44 heavy (non-hydrogen) atoms. The van der Waals surface area contributed by atoms with Crippen molar-refractivity contribution in [3.8, 4) is 0 Å². The Bertz CT molecular complexity index is 1370. The lowest BCUT2D eigenvalue weighted by atomic mass is 10.0. The van der Waals surface area contributed by atoms with E-state index in [-0.39, 0.29) is 26.4 Å². The predicted molar refractivity (Wildman–Crippen MR) is 145 cm³/mol. The van der Waals surface area contributed by atoms with E-state index in [0.717, 1.165) is 11.1 Å². The average molecular weight is 627 g/mol. The number of hydrogen-bond donors (Lipinski definition) is 0. The van der Waals surface area contributed by atoms with Crippen LogP contribution in [-0.4, -0.2) is 48.9 Å². The number of ether oxygens (including phenoxy) is 4. The Labute approximate surface area is 249 Å². The Morgan fingerprint density at radius 1 is 0.659 bits per heavy atom. The molecule has 1 aliphatic rings. The second-order valence-electron chi connectivity index (χ2n) is 10.1. The highest BCUT2D eigenvalue weighted by molar-refractivity contribution is 5.94. The van der Waals surface area contributed by atoms with Gasteiger partial charge < -0.3 is 18.9 Å². The largest absolute Gasteiger partial charge is 0.460 e. The van der Waals surface area contributed by atoms with E-state index in [1.165, 1.54) is 0 Å². The van der Waals surface area contributed by atoms with Gasteiger partial charge in [-0.15, -0.1) is 0 Å². The third kappa shape index (κ3) is 8.53. The molecule has 0 bridgehead atoms. The zero-order valence-corrected chi connectivity index (χ0v) is 23.2. The molecule has 3 aromatic rings. The van der Waals surface area contributed by atoms with Gasteiger partial charge >= 0.3 is 12.1 Å². The van der Waals surface area contributed by atoms with Crippen molar-refractivity contribution in [2.75, 3.05) is 6.61 Å². The Balaban J connectivity index is 1.58. The van der Waals surface area contributed by atoms with Crippen molar-refractivity contribution in [2.45, 2.75) is 62.8 Å². The van der Waals surface area contributed by atoms with Crippen molar-refractivity contribution in [3.63, 3.8) is 0 Å². The van der Waals surface area contributed by atoms with Crippen LogP contribution in [0.5, 0.6) is 0 Å². The summed E-state index contributed by atoms with van der Waals surface area (Å²) in [6, 6.07) is 26.8. The monoisotopic (exact) mass is 626 g/mol. The van der Waals surface area contributed by atoms with E-state index in [4.69, 9.17) is 18.9 Å². The summed E-state index contributed by atoms with van der Waals surface area (Å²) in [4.78, 5) is 12.5. The zero-order valence-electron chi connectivity index (χ0n) is 23.2. The molecule has 0 aliphatic carbocycles. The molecule has 12 heteroatoms. The van der Waals surface area contributed by atoms with Crippen LogP contribution in [0.4, 0.5) is 30.7 Å². The van der Waals surface area contributed by atoms with E-state index < -0.39 is 60.4 Å². The van der Waals surface area contributed by atoms with Crippen LogP contribution in [0.15, 0.2) is 103 Å². The summed E-state index contributed by atoms with van der Waals surface area (Å²) < 4.78 is 117. The first-order chi connectivity index (χ1) is 21.0. The highest BCUT2D eigenvalue weighted by Gasteiger charge is 2.63. The maximum Gasteiger partial charge on any atom is 0.460 e. The van der Waals surface area contributed by atoms with Crippen molar-refractivity contribution in [1.82, 2.24) is 0 Å². The lowest BCUT2D eigenvalue weighted by Crippen LogP contribution is -2.40. The normalized spacial score (nSPS) is 21.2. The number of carbonyl (C=O) groups excluding carboxylic acids is 1. The SMILES string of the molecule is O=C(C[C@@H]1O[C@H](COCc2ccccc2)[C@@H](OCc2ccccc2)[C@H]1OCc1ccccc1)/C(F)=C(\F)C(F)(F)C(F)(F)F. The molecular formula is C32H29F7O5. The summed E-state index contributed by atoms with van der Waals surface area (Å²) in [7, 11) is 0. The van der Waals surface area contributed by atoms with Gasteiger partial charge in [0, 0.05) is 6.42 Å². The van der Waals surface area contributed by atoms with E-state index in [0.29, 0.717) is 5.56 Å². The van der Waals surface area contributed by atoms with Gasteiger partial charge in [-0.25, -0.2) is 4.39 Å². The summed E-state index contributed by atoms with van der Waals surface area (Å²) in [5, 5.41) is 0. The molecule has 0 amide bonds. The first kappa shape index (κ1) is 33.3. The van der Waals surface area contributed by atoms with Crippen LogP contribution in [0.25, 0.3) is 0 Å². The molecule has 1 heterocycles. The first-order valence-corrected chi connectivity index (χ1v) is 13.6. The van der Waals surface area contributed by atoms with Crippen LogP contribution >= 0.6 is 0 Å². The number of benzene rings is 3. The molecule has 1 aliphatic heterocycles. The van der Waals surface area contributed by atoms with Crippen molar-refractivity contribution >= 4 is 5.78 Å². The second-order valence-corrected chi connectivity index (χ2v) is 10.1. The molecule has 0 aromatic heterocycles.